The number of unbranched alkanes of at least 4 members (excludes halogenated alkanes) is 27. The number of phenolic OH excluding ortho intramolecular Hbond substituents is 3. The third-order valence-corrected chi connectivity index (χ3v) is 11.4. The summed E-state index contributed by atoms with van der Waals surface area (Å²) in [5, 5.41) is 27.2. The summed E-state index contributed by atoms with van der Waals surface area (Å²) in [7, 11) is 0. The molecule has 0 aliphatic carbocycles. The lowest BCUT2D eigenvalue weighted by Crippen LogP contribution is -2.10. The zero-order valence-corrected chi connectivity index (χ0v) is 41.3. The normalized spacial score (nSPS) is 10.9. The van der Waals surface area contributed by atoms with E-state index in [0.717, 1.165) is 44.2 Å². The number of hydrogen-bond acceptors (Lipinski definition) is 10. The van der Waals surface area contributed by atoms with Crippen molar-refractivity contribution < 1.29 is 48.6 Å². The van der Waals surface area contributed by atoms with Crippen molar-refractivity contribution in [3.8, 4) is 34.5 Å². The van der Waals surface area contributed by atoms with Crippen molar-refractivity contribution in [3.63, 3.8) is 0 Å². The van der Waals surface area contributed by atoms with Crippen LogP contribution in [0.25, 0.3) is 0 Å². The molecular formula is C54H92O10. The highest BCUT2D eigenvalue weighted by molar-refractivity contribution is 5.91. The molecule has 0 fully saturated rings. The first-order valence-corrected chi connectivity index (χ1v) is 25.9. The minimum absolute atomic E-state index is 0.0142. The summed E-state index contributed by atoms with van der Waals surface area (Å²) in [4.78, 5) is 24.0. The van der Waals surface area contributed by atoms with Gasteiger partial charge in [0.15, 0.2) is 28.7 Å². The number of ether oxygens (including phenoxy) is 5. The second kappa shape index (κ2) is 40.7. The van der Waals surface area contributed by atoms with Gasteiger partial charge < -0.3 is 39.0 Å². The molecule has 0 spiro atoms. The highest BCUT2D eigenvalue weighted by atomic mass is 16.5. The van der Waals surface area contributed by atoms with Gasteiger partial charge in [0, 0.05) is 0 Å². The van der Waals surface area contributed by atoms with Crippen molar-refractivity contribution in [2.75, 3.05) is 33.0 Å². The second-order valence-corrected chi connectivity index (χ2v) is 17.2. The molecule has 0 unspecified atom stereocenters. The van der Waals surface area contributed by atoms with Gasteiger partial charge in [0.05, 0.1) is 44.2 Å². The fourth-order valence-corrected chi connectivity index (χ4v) is 7.51. The summed E-state index contributed by atoms with van der Waals surface area (Å²) in [5.74, 6) is -0.931. The van der Waals surface area contributed by atoms with Crippen molar-refractivity contribution in [2.45, 2.75) is 227 Å². The first kappa shape index (κ1) is 58.2. The average molecular weight is 901 g/mol. The molecule has 3 N–H and O–H groups in total. The largest absolute Gasteiger partial charge is 0.504 e. The van der Waals surface area contributed by atoms with Crippen LogP contribution in [0, 0.1) is 0 Å². The topological polar surface area (TPSA) is 141 Å². The van der Waals surface area contributed by atoms with Crippen LogP contribution < -0.4 is 14.2 Å². The van der Waals surface area contributed by atoms with Gasteiger partial charge in [0.1, 0.15) is 0 Å². The van der Waals surface area contributed by atoms with Crippen molar-refractivity contribution in [1.82, 2.24) is 0 Å². The monoisotopic (exact) mass is 901 g/mol. The molecule has 2 aromatic rings. The Kier molecular flexibility index (Phi) is 37.0. The van der Waals surface area contributed by atoms with E-state index in [2.05, 4.69) is 25.5 Å². The number of benzene rings is 2. The number of carbonyl (C=O) groups is 2. The summed E-state index contributed by atoms with van der Waals surface area (Å²) in [6, 6.07) is 5.64. The van der Waals surface area contributed by atoms with Gasteiger partial charge in [-0.05, 0) is 57.4 Å². The van der Waals surface area contributed by atoms with Gasteiger partial charge >= 0.3 is 11.9 Å². The lowest BCUT2D eigenvalue weighted by Gasteiger charge is -2.19. The van der Waals surface area contributed by atoms with Crippen molar-refractivity contribution in [1.29, 1.82) is 0 Å². The molecule has 0 aliphatic heterocycles. The SMILES string of the molecule is CCCCCCCCCCCCOc1cc(C(=O)OCC)cc(OCCCCCCCCCCCC)c1OCCCCCCCCCCCC.CCOC(=O)c1cc(O)c(O)c(O)c1. The molecule has 0 amide bonds. The van der Waals surface area contributed by atoms with E-state index < -0.39 is 23.2 Å². The number of phenols is 3. The van der Waals surface area contributed by atoms with E-state index in [9.17, 15) is 9.59 Å². The van der Waals surface area contributed by atoms with Crippen LogP contribution in [-0.2, 0) is 9.47 Å². The highest BCUT2D eigenvalue weighted by Gasteiger charge is 2.20. The number of rotatable bonds is 40. The molecule has 0 aromatic heterocycles. The first-order valence-electron chi connectivity index (χ1n) is 25.9. The van der Waals surface area contributed by atoms with Crippen molar-refractivity contribution >= 4 is 11.9 Å². The van der Waals surface area contributed by atoms with Crippen LogP contribution in [0.3, 0.4) is 0 Å². The predicted octanol–water partition coefficient (Wildman–Crippen LogP) is 15.7. The zero-order valence-electron chi connectivity index (χ0n) is 41.3. The highest BCUT2D eigenvalue weighted by Crippen LogP contribution is 2.40. The third kappa shape index (κ3) is 28.9. The van der Waals surface area contributed by atoms with Crippen LogP contribution in [0.15, 0.2) is 24.3 Å². The second-order valence-electron chi connectivity index (χ2n) is 17.2. The molecule has 0 saturated heterocycles. The smallest absolute Gasteiger partial charge is 0.338 e. The molecule has 2 rings (SSSR count). The maximum absolute atomic E-state index is 12.9. The molecule has 10 heteroatoms. The zero-order chi connectivity index (χ0) is 46.9. The van der Waals surface area contributed by atoms with Gasteiger partial charge in [0.2, 0.25) is 5.75 Å². The quantitative estimate of drug-likeness (QED) is 0.0336. The van der Waals surface area contributed by atoms with Gasteiger partial charge in [-0.1, -0.05) is 194 Å². The molecule has 64 heavy (non-hydrogen) atoms. The lowest BCUT2D eigenvalue weighted by atomic mass is 10.1. The van der Waals surface area contributed by atoms with E-state index in [0.29, 0.717) is 49.2 Å². The minimum atomic E-state index is -0.668. The number of hydrogen-bond donors (Lipinski definition) is 3. The summed E-state index contributed by atoms with van der Waals surface area (Å²) in [5.41, 5.74) is 0.453. The van der Waals surface area contributed by atoms with Crippen LogP contribution >= 0.6 is 0 Å². The molecule has 0 aliphatic rings. The maximum atomic E-state index is 12.9. The van der Waals surface area contributed by atoms with Crippen molar-refractivity contribution in [2.24, 2.45) is 0 Å². The molecular weight excluding hydrogens is 809 g/mol. The van der Waals surface area contributed by atoms with Gasteiger partial charge in [-0.15, -0.1) is 0 Å². The lowest BCUT2D eigenvalue weighted by molar-refractivity contribution is 0.0516. The Hall–Kier alpha value is -3.82. The number of esters is 2. The molecule has 0 atom stereocenters. The van der Waals surface area contributed by atoms with Gasteiger partial charge in [-0.25, -0.2) is 9.59 Å². The number of aromatic hydroxyl groups is 3. The standard InChI is InChI=1S/C45H82O5.C9H10O5/c1-5-9-12-15-18-21-24-27-30-33-36-48-42-39-41(45(46)47-8-4)40-43(49-37-34-31-28-25-22-19-16-13-10-6-2)44(42)50-38-35-32-29-26-23-20-17-14-11-7-3;1-2-14-9(13)5-3-6(10)8(12)7(11)4-5/h39-40H,5-38H2,1-4H3;3-4,10-12H,2H2,1H3. The maximum Gasteiger partial charge on any atom is 0.338 e. The van der Waals surface area contributed by atoms with E-state index in [-0.39, 0.29) is 18.1 Å². The molecule has 0 radical (unpaired) electrons. The minimum Gasteiger partial charge on any atom is -0.504 e. The Labute approximate surface area is 389 Å². The first-order chi connectivity index (χ1) is 31.2. The summed E-state index contributed by atoms with van der Waals surface area (Å²) >= 11 is 0. The van der Waals surface area contributed by atoms with Crippen molar-refractivity contribution in [3.05, 3.63) is 35.4 Å². The fraction of sp³-hybridized carbons (Fsp3) is 0.741. The van der Waals surface area contributed by atoms with Crippen LogP contribution in [0.5, 0.6) is 34.5 Å². The summed E-state index contributed by atoms with van der Waals surface area (Å²) < 4.78 is 29.2. The molecule has 0 heterocycles. The van der Waals surface area contributed by atoms with Crippen LogP contribution in [0.1, 0.15) is 248 Å². The Bertz CT molecular complexity index is 1370. The predicted molar refractivity (Wildman–Crippen MR) is 262 cm³/mol. The molecule has 10 nitrogen and oxygen atoms in total. The Balaban J connectivity index is 0.00000123. The van der Waals surface area contributed by atoms with Gasteiger partial charge in [-0.3, -0.25) is 0 Å². The van der Waals surface area contributed by atoms with E-state index in [4.69, 9.17) is 34.3 Å². The Morgan fingerprint density at radius 2 is 0.641 bits per heavy atom. The van der Waals surface area contributed by atoms with Crippen LogP contribution in [0.2, 0.25) is 0 Å². The Morgan fingerprint density at radius 1 is 0.375 bits per heavy atom. The summed E-state index contributed by atoms with van der Waals surface area (Å²) in [6.45, 7) is 12.7. The van der Waals surface area contributed by atoms with Crippen LogP contribution in [0.4, 0.5) is 0 Å². The average Bonchev–Trinajstić information content (AvgIpc) is 3.28. The molecule has 2 aromatic carbocycles. The molecule has 368 valence electrons. The number of carbonyl (C=O) groups excluding carboxylic acids is 2. The molecule has 0 bridgehead atoms. The summed E-state index contributed by atoms with van der Waals surface area (Å²) in [6.07, 6.45) is 38.5. The van der Waals surface area contributed by atoms with E-state index in [1.54, 1.807) is 19.1 Å². The van der Waals surface area contributed by atoms with E-state index in [1.165, 1.54) is 161 Å². The van der Waals surface area contributed by atoms with Gasteiger partial charge in [0.25, 0.3) is 0 Å². The Morgan fingerprint density at radius 3 is 0.938 bits per heavy atom. The van der Waals surface area contributed by atoms with E-state index >= 15 is 0 Å². The van der Waals surface area contributed by atoms with Gasteiger partial charge in [-0.2, -0.15) is 0 Å². The molecule has 0 saturated carbocycles. The fourth-order valence-electron chi connectivity index (χ4n) is 7.51. The van der Waals surface area contributed by atoms with Crippen LogP contribution in [-0.4, -0.2) is 60.3 Å². The van der Waals surface area contributed by atoms with E-state index in [1.807, 2.05) is 6.92 Å². The third-order valence-electron chi connectivity index (χ3n) is 11.4.